The lowest BCUT2D eigenvalue weighted by Crippen LogP contribution is -2.19. The lowest BCUT2D eigenvalue weighted by atomic mass is 9.87. The van der Waals surface area contributed by atoms with Gasteiger partial charge >= 0.3 is 11.9 Å². The highest BCUT2D eigenvalue weighted by molar-refractivity contribution is 6.34. The van der Waals surface area contributed by atoms with E-state index in [1.165, 1.54) is 64.2 Å². The van der Waals surface area contributed by atoms with Crippen molar-refractivity contribution in [1.82, 2.24) is 0 Å². The molecule has 0 heterocycles. The van der Waals surface area contributed by atoms with Crippen LogP contribution in [0, 0.1) is 18.8 Å². The van der Waals surface area contributed by atoms with Crippen LogP contribution < -0.4 is 0 Å². The molecule has 2 saturated carbocycles. The summed E-state index contributed by atoms with van der Waals surface area (Å²) in [7, 11) is 0. The van der Waals surface area contributed by atoms with Crippen LogP contribution in [0.3, 0.4) is 0 Å². The molecule has 2 aliphatic rings. The first kappa shape index (κ1) is 23.1. The summed E-state index contributed by atoms with van der Waals surface area (Å²) in [4.78, 5) is 25.6. The molecule has 0 amide bonds. The molecule has 0 spiro atoms. The molecule has 0 atom stereocenters. The third-order valence-corrected chi connectivity index (χ3v) is 7.05. The van der Waals surface area contributed by atoms with Gasteiger partial charge in [-0.2, -0.15) is 0 Å². The highest BCUT2D eigenvalue weighted by atomic mass is 35.5. The van der Waals surface area contributed by atoms with Crippen molar-refractivity contribution in [2.75, 3.05) is 13.2 Å². The van der Waals surface area contributed by atoms with Crippen LogP contribution in [0.2, 0.25) is 5.02 Å². The van der Waals surface area contributed by atoms with E-state index in [2.05, 4.69) is 0 Å². The molecule has 3 rings (SSSR count). The number of aryl methyl sites for hydroxylation is 1. The van der Waals surface area contributed by atoms with Crippen LogP contribution in [0.1, 0.15) is 103 Å². The zero-order valence-electron chi connectivity index (χ0n) is 18.2. The molecule has 0 bridgehead atoms. The first-order valence-corrected chi connectivity index (χ1v) is 12.1. The van der Waals surface area contributed by atoms with Crippen molar-refractivity contribution in [1.29, 1.82) is 0 Å². The molecule has 0 aromatic heterocycles. The number of hydrogen-bond donors (Lipinski definition) is 0. The van der Waals surface area contributed by atoms with Gasteiger partial charge in [-0.15, -0.1) is 0 Å². The number of rotatable bonds is 8. The molecule has 0 aliphatic heterocycles. The van der Waals surface area contributed by atoms with E-state index < -0.39 is 11.9 Å². The molecule has 0 N–H and O–H groups in total. The quantitative estimate of drug-likeness (QED) is 0.417. The summed E-state index contributed by atoms with van der Waals surface area (Å²) in [6.45, 7) is 2.54. The monoisotopic (exact) mass is 434 g/mol. The standard InChI is InChI=1S/C25H35ClO4/c1-18-12-13-21(26)23(25(28)30-17-15-20-10-6-3-7-11-20)22(18)24(27)29-16-14-19-8-4-2-5-9-19/h12-13,19-20H,2-11,14-17H2,1H3. The maximum absolute atomic E-state index is 12.8. The van der Waals surface area contributed by atoms with Gasteiger partial charge in [-0.3, -0.25) is 0 Å². The summed E-state index contributed by atoms with van der Waals surface area (Å²) in [5.74, 6) is 0.253. The Balaban J connectivity index is 1.58. The average Bonchev–Trinajstić information content (AvgIpc) is 2.76. The maximum Gasteiger partial charge on any atom is 0.340 e. The Morgan fingerprint density at radius 3 is 1.77 bits per heavy atom. The molecule has 1 aromatic carbocycles. The van der Waals surface area contributed by atoms with E-state index in [4.69, 9.17) is 21.1 Å². The Labute approximate surface area is 185 Å². The van der Waals surface area contributed by atoms with Gasteiger partial charge in [0.25, 0.3) is 0 Å². The zero-order valence-corrected chi connectivity index (χ0v) is 19.0. The Bertz CT molecular complexity index is 657. The highest BCUT2D eigenvalue weighted by Gasteiger charge is 2.26. The third-order valence-electron chi connectivity index (χ3n) is 6.74. The van der Waals surface area contributed by atoms with Crippen LogP contribution in [-0.4, -0.2) is 25.2 Å². The fourth-order valence-electron chi connectivity index (χ4n) is 4.88. The zero-order chi connectivity index (χ0) is 21.3. The Morgan fingerprint density at radius 1 is 0.800 bits per heavy atom. The summed E-state index contributed by atoms with van der Waals surface area (Å²) in [6.07, 6.45) is 14.3. The predicted molar refractivity (Wildman–Crippen MR) is 119 cm³/mol. The van der Waals surface area contributed by atoms with E-state index in [0.717, 1.165) is 12.8 Å². The Morgan fingerprint density at radius 2 is 1.27 bits per heavy atom. The first-order valence-electron chi connectivity index (χ1n) is 11.7. The minimum absolute atomic E-state index is 0.142. The van der Waals surface area contributed by atoms with Gasteiger partial charge in [-0.05, 0) is 43.2 Å². The summed E-state index contributed by atoms with van der Waals surface area (Å²) in [5, 5.41) is 0.238. The maximum atomic E-state index is 12.8. The van der Waals surface area contributed by atoms with Gasteiger partial charge in [0.2, 0.25) is 0 Å². The molecule has 166 valence electrons. The molecule has 0 saturated heterocycles. The molecule has 1 aromatic rings. The molecule has 2 fully saturated rings. The van der Waals surface area contributed by atoms with Crippen molar-refractivity contribution >= 4 is 23.5 Å². The Hall–Kier alpha value is -1.55. The van der Waals surface area contributed by atoms with Gasteiger partial charge in [-0.25, -0.2) is 9.59 Å². The van der Waals surface area contributed by atoms with E-state index in [-0.39, 0.29) is 16.1 Å². The van der Waals surface area contributed by atoms with Crippen molar-refractivity contribution in [3.63, 3.8) is 0 Å². The fourth-order valence-corrected chi connectivity index (χ4v) is 5.11. The predicted octanol–water partition coefficient (Wildman–Crippen LogP) is 6.90. The van der Waals surface area contributed by atoms with Crippen LogP contribution in [0.4, 0.5) is 0 Å². The van der Waals surface area contributed by atoms with Crippen LogP contribution in [-0.2, 0) is 9.47 Å². The molecule has 0 unspecified atom stereocenters. The van der Waals surface area contributed by atoms with E-state index in [1.54, 1.807) is 19.1 Å². The normalized spacial score (nSPS) is 18.2. The van der Waals surface area contributed by atoms with E-state index in [9.17, 15) is 9.59 Å². The topological polar surface area (TPSA) is 52.6 Å². The first-order chi connectivity index (χ1) is 14.6. The number of carbonyl (C=O) groups is 2. The van der Waals surface area contributed by atoms with Gasteiger partial charge in [0.15, 0.2) is 0 Å². The van der Waals surface area contributed by atoms with Gasteiger partial charge in [0, 0.05) is 0 Å². The second kappa shape index (κ2) is 11.7. The lowest BCUT2D eigenvalue weighted by Gasteiger charge is -2.22. The molecule has 30 heavy (non-hydrogen) atoms. The molecule has 5 heteroatoms. The second-order valence-electron chi connectivity index (χ2n) is 8.97. The van der Waals surface area contributed by atoms with E-state index >= 15 is 0 Å². The number of hydrogen-bond acceptors (Lipinski definition) is 4. The SMILES string of the molecule is Cc1ccc(Cl)c(C(=O)OCCC2CCCCC2)c1C(=O)OCCC1CCCCC1. The minimum Gasteiger partial charge on any atom is -0.462 e. The van der Waals surface area contributed by atoms with Gasteiger partial charge in [0.1, 0.15) is 0 Å². The van der Waals surface area contributed by atoms with Crippen molar-refractivity contribution in [3.05, 3.63) is 33.8 Å². The van der Waals surface area contributed by atoms with Crippen LogP contribution >= 0.6 is 11.6 Å². The summed E-state index contributed by atoms with van der Waals surface area (Å²) >= 11 is 6.32. The number of halogens is 1. The number of esters is 2. The van der Waals surface area contributed by atoms with Crippen LogP contribution in [0.15, 0.2) is 12.1 Å². The minimum atomic E-state index is -0.529. The molecule has 2 aliphatic carbocycles. The van der Waals surface area contributed by atoms with Crippen LogP contribution in [0.25, 0.3) is 0 Å². The third kappa shape index (κ3) is 6.47. The van der Waals surface area contributed by atoms with Crippen LogP contribution in [0.5, 0.6) is 0 Å². The molecular formula is C25H35ClO4. The van der Waals surface area contributed by atoms with E-state index in [1.807, 2.05) is 0 Å². The van der Waals surface area contributed by atoms with Crippen molar-refractivity contribution in [3.8, 4) is 0 Å². The number of ether oxygens (including phenoxy) is 2. The number of carbonyl (C=O) groups excluding carboxylic acids is 2. The highest BCUT2D eigenvalue weighted by Crippen LogP contribution is 2.29. The van der Waals surface area contributed by atoms with E-state index in [0.29, 0.717) is 30.6 Å². The van der Waals surface area contributed by atoms with Crippen molar-refractivity contribution in [2.45, 2.75) is 84.0 Å². The molecule has 0 radical (unpaired) electrons. The summed E-state index contributed by atoms with van der Waals surface area (Å²) in [5.41, 5.74) is 1.07. The van der Waals surface area contributed by atoms with Crippen molar-refractivity contribution in [2.24, 2.45) is 11.8 Å². The van der Waals surface area contributed by atoms with Crippen molar-refractivity contribution < 1.29 is 19.1 Å². The average molecular weight is 435 g/mol. The Kier molecular flexibility index (Phi) is 9.05. The molecule has 4 nitrogen and oxygen atoms in total. The summed E-state index contributed by atoms with van der Waals surface area (Å²) < 4.78 is 11.1. The molecular weight excluding hydrogens is 400 g/mol. The number of benzene rings is 1. The second-order valence-corrected chi connectivity index (χ2v) is 9.38. The van der Waals surface area contributed by atoms with Gasteiger partial charge < -0.3 is 9.47 Å². The summed E-state index contributed by atoms with van der Waals surface area (Å²) in [6, 6.07) is 3.40. The van der Waals surface area contributed by atoms with Gasteiger partial charge in [-0.1, -0.05) is 81.9 Å². The lowest BCUT2D eigenvalue weighted by molar-refractivity contribution is 0.0427. The van der Waals surface area contributed by atoms with Gasteiger partial charge in [0.05, 0.1) is 29.4 Å². The fraction of sp³-hybridized carbons (Fsp3) is 0.680. The smallest absolute Gasteiger partial charge is 0.340 e. The largest absolute Gasteiger partial charge is 0.462 e.